The summed E-state index contributed by atoms with van der Waals surface area (Å²) in [7, 11) is 1.76. The topological polar surface area (TPSA) is 56.3 Å². The molecule has 112 valence electrons. The molecule has 1 atom stereocenters. The fraction of sp³-hybridized carbons (Fsp3) is 0.688. The van der Waals surface area contributed by atoms with E-state index in [0.29, 0.717) is 6.54 Å². The lowest BCUT2D eigenvalue weighted by Gasteiger charge is -2.27. The second-order valence-corrected chi connectivity index (χ2v) is 5.94. The molecule has 20 heavy (non-hydrogen) atoms. The van der Waals surface area contributed by atoms with Crippen molar-refractivity contribution in [2.24, 2.45) is 5.92 Å². The summed E-state index contributed by atoms with van der Waals surface area (Å²) in [5.74, 6) is -0.0148. The van der Waals surface area contributed by atoms with Gasteiger partial charge in [-0.3, -0.25) is 4.79 Å². The first-order valence-electron chi connectivity index (χ1n) is 7.74. The zero-order valence-corrected chi connectivity index (χ0v) is 12.3. The van der Waals surface area contributed by atoms with E-state index in [4.69, 9.17) is 0 Å². The monoisotopic (exact) mass is 278 g/mol. The molecule has 4 heteroatoms. The van der Waals surface area contributed by atoms with Gasteiger partial charge in [-0.2, -0.15) is 0 Å². The first-order chi connectivity index (χ1) is 9.68. The lowest BCUT2D eigenvalue weighted by atomic mass is 9.87. The van der Waals surface area contributed by atoms with Crippen molar-refractivity contribution in [1.29, 1.82) is 0 Å². The van der Waals surface area contributed by atoms with Gasteiger partial charge in [0.15, 0.2) is 0 Å². The van der Waals surface area contributed by atoms with E-state index in [9.17, 15) is 9.90 Å². The summed E-state index contributed by atoms with van der Waals surface area (Å²) >= 11 is 0. The molecule has 0 bridgehead atoms. The number of hydrogen-bond donors (Lipinski definition) is 2. The standard InChI is InChI=1S/C16H26N2O2/c1-18(12-14-10-7-11-17-14)16(20)15(19)13-8-5-3-2-4-6-9-13/h7,10-11,13,15,17,19H,2-6,8-9,12H2,1H3/t15-/m0/s1. The van der Waals surface area contributed by atoms with E-state index in [1.54, 1.807) is 11.9 Å². The lowest BCUT2D eigenvalue weighted by molar-refractivity contribution is -0.142. The zero-order chi connectivity index (χ0) is 14.4. The molecule has 1 aliphatic rings. The van der Waals surface area contributed by atoms with Crippen LogP contribution in [-0.2, 0) is 11.3 Å². The molecule has 4 nitrogen and oxygen atoms in total. The molecule has 1 saturated carbocycles. The minimum atomic E-state index is -0.840. The van der Waals surface area contributed by atoms with Crippen molar-refractivity contribution in [3.05, 3.63) is 24.0 Å². The Balaban J connectivity index is 1.88. The second-order valence-electron chi connectivity index (χ2n) is 5.94. The summed E-state index contributed by atoms with van der Waals surface area (Å²) in [5, 5.41) is 10.4. The minimum Gasteiger partial charge on any atom is -0.383 e. The maximum atomic E-state index is 12.3. The number of likely N-dealkylation sites (N-methyl/N-ethyl adjacent to an activating group) is 1. The van der Waals surface area contributed by atoms with Gasteiger partial charge in [-0.1, -0.05) is 32.1 Å². The third-order valence-electron chi connectivity index (χ3n) is 4.30. The van der Waals surface area contributed by atoms with Crippen molar-refractivity contribution in [1.82, 2.24) is 9.88 Å². The Labute approximate surface area is 121 Å². The molecule has 2 N–H and O–H groups in total. The molecule has 0 unspecified atom stereocenters. The fourth-order valence-electron chi connectivity index (χ4n) is 3.03. The van der Waals surface area contributed by atoms with E-state index in [0.717, 1.165) is 31.4 Å². The Hall–Kier alpha value is -1.29. The Morgan fingerprint density at radius 1 is 1.35 bits per heavy atom. The number of carbonyl (C=O) groups is 1. The van der Waals surface area contributed by atoms with E-state index in [1.807, 2.05) is 18.3 Å². The van der Waals surface area contributed by atoms with Crippen LogP contribution in [0.4, 0.5) is 0 Å². The average Bonchev–Trinajstić information content (AvgIpc) is 2.89. The van der Waals surface area contributed by atoms with Crippen LogP contribution in [0.15, 0.2) is 18.3 Å². The molecule has 0 aromatic carbocycles. The molecule has 1 fully saturated rings. The number of aromatic amines is 1. The number of nitrogens with zero attached hydrogens (tertiary/aromatic N) is 1. The summed E-state index contributed by atoms with van der Waals surface area (Å²) in [5.41, 5.74) is 0.991. The van der Waals surface area contributed by atoms with Crippen molar-refractivity contribution < 1.29 is 9.90 Å². The predicted octanol–water partition coefficient (Wildman–Crippen LogP) is 2.69. The van der Waals surface area contributed by atoms with Gasteiger partial charge in [0.05, 0.1) is 6.54 Å². The highest BCUT2D eigenvalue weighted by molar-refractivity contribution is 5.80. The number of amides is 1. The molecular weight excluding hydrogens is 252 g/mol. The molecule has 0 aliphatic heterocycles. The van der Waals surface area contributed by atoms with E-state index >= 15 is 0 Å². The van der Waals surface area contributed by atoms with Gasteiger partial charge < -0.3 is 15.0 Å². The van der Waals surface area contributed by atoms with Crippen LogP contribution in [0.5, 0.6) is 0 Å². The molecular formula is C16H26N2O2. The zero-order valence-electron chi connectivity index (χ0n) is 12.3. The molecule has 0 spiro atoms. The van der Waals surface area contributed by atoms with Gasteiger partial charge in [-0.05, 0) is 30.9 Å². The van der Waals surface area contributed by atoms with E-state index in [2.05, 4.69) is 4.98 Å². The molecule has 0 radical (unpaired) electrons. The first-order valence-corrected chi connectivity index (χ1v) is 7.74. The Kier molecular flexibility index (Phi) is 5.65. The summed E-state index contributed by atoms with van der Waals surface area (Å²) in [6, 6.07) is 3.87. The highest BCUT2D eigenvalue weighted by Gasteiger charge is 2.28. The minimum absolute atomic E-state index is 0.133. The van der Waals surface area contributed by atoms with Gasteiger partial charge in [0.25, 0.3) is 5.91 Å². The van der Waals surface area contributed by atoms with E-state index < -0.39 is 6.10 Å². The van der Waals surface area contributed by atoms with Crippen LogP contribution in [-0.4, -0.2) is 34.0 Å². The van der Waals surface area contributed by atoms with Crippen LogP contribution in [0.25, 0.3) is 0 Å². The van der Waals surface area contributed by atoms with Gasteiger partial charge in [-0.25, -0.2) is 0 Å². The summed E-state index contributed by atoms with van der Waals surface area (Å²) in [6.07, 6.45) is 8.98. The smallest absolute Gasteiger partial charge is 0.251 e. The number of aromatic nitrogens is 1. The van der Waals surface area contributed by atoms with Gasteiger partial charge in [-0.15, -0.1) is 0 Å². The van der Waals surface area contributed by atoms with Crippen molar-refractivity contribution in [2.75, 3.05) is 7.05 Å². The molecule has 2 rings (SSSR count). The predicted molar refractivity (Wildman–Crippen MR) is 79.1 cm³/mol. The highest BCUT2D eigenvalue weighted by Crippen LogP contribution is 2.25. The normalized spacial score (nSPS) is 19.1. The largest absolute Gasteiger partial charge is 0.383 e. The van der Waals surface area contributed by atoms with Crippen LogP contribution in [0.1, 0.15) is 50.6 Å². The van der Waals surface area contributed by atoms with Crippen molar-refractivity contribution in [3.63, 3.8) is 0 Å². The summed E-state index contributed by atoms with van der Waals surface area (Å²) < 4.78 is 0. The lowest BCUT2D eigenvalue weighted by Crippen LogP contribution is -2.40. The van der Waals surface area contributed by atoms with Crippen molar-refractivity contribution in [3.8, 4) is 0 Å². The molecule has 1 aromatic heterocycles. The number of H-pyrrole nitrogens is 1. The number of rotatable bonds is 4. The van der Waals surface area contributed by atoms with E-state index in [1.165, 1.54) is 19.3 Å². The highest BCUT2D eigenvalue weighted by atomic mass is 16.3. The van der Waals surface area contributed by atoms with Gasteiger partial charge in [0.1, 0.15) is 6.10 Å². The number of aliphatic hydroxyl groups is 1. The van der Waals surface area contributed by atoms with Gasteiger partial charge >= 0.3 is 0 Å². The SMILES string of the molecule is CN(Cc1ccc[nH]1)C(=O)[C@@H](O)C1CCCCCCC1. The van der Waals surface area contributed by atoms with Crippen molar-refractivity contribution in [2.45, 2.75) is 57.6 Å². The van der Waals surface area contributed by atoms with Crippen LogP contribution in [0.2, 0.25) is 0 Å². The van der Waals surface area contributed by atoms with E-state index in [-0.39, 0.29) is 11.8 Å². The number of carbonyl (C=O) groups excluding carboxylic acids is 1. The molecule has 1 heterocycles. The maximum absolute atomic E-state index is 12.3. The summed E-state index contributed by atoms with van der Waals surface area (Å²) in [6.45, 7) is 0.523. The van der Waals surface area contributed by atoms with Gasteiger partial charge in [0.2, 0.25) is 0 Å². The molecule has 1 aromatic rings. The van der Waals surface area contributed by atoms with Crippen LogP contribution in [0, 0.1) is 5.92 Å². The Morgan fingerprint density at radius 2 is 2.00 bits per heavy atom. The third-order valence-corrected chi connectivity index (χ3v) is 4.30. The van der Waals surface area contributed by atoms with Gasteiger partial charge in [0, 0.05) is 18.9 Å². The van der Waals surface area contributed by atoms with Crippen LogP contribution >= 0.6 is 0 Å². The quantitative estimate of drug-likeness (QED) is 0.889. The summed E-state index contributed by atoms with van der Waals surface area (Å²) in [4.78, 5) is 17.0. The second kappa shape index (κ2) is 7.48. The fourth-order valence-corrected chi connectivity index (χ4v) is 3.03. The number of nitrogens with one attached hydrogen (secondary N) is 1. The Morgan fingerprint density at radius 3 is 2.60 bits per heavy atom. The molecule has 0 saturated heterocycles. The van der Waals surface area contributed by atoms with Crippen LogP contribution in [0.3, 0.4) is 0 Å². The Bertz CT molecular complexity index is 395. The molecule has 1 amide bonds. The first kappa shape index (κ1) is 15.1. The number of hydrogen-bond acceptors (Lipinski definition) is 2. The van der Waals surface area contributed by atoms with Crippen LogP contribution < -0.4 is 0 Å². The average molecular weight is 278 g/mol. The maximum Gasteiger partial charge on any atom is 0.251 e. The number of aliphatic hydroxyl groups excluding tert-OH is 1. The third kappa shape index (κ3) is 4.10. The van der Waals surface area contributed by atoms with Crippen molar-refractivity contribution >= 4 is 5.91 Å². The molecule has 1 aliphatic carbocycles.